The number of amides is 1. The maximum absolute atomic E-state index is 11.0. The smallest absolute Gasteiger partial charge is 0.442 e. The topological polar surface area (TPSA) is 55.8 Å². The summed E-state index contributed by atoms with van der Waals surface area (Å²) < 4.78 is 4.90. The van der Waals surface area contributed by atoms with Gasteiger partial charge in [0.1, 0.15) is 5.60 Å². The molecule has 0 unspecified atom stereocenters. The molecule has 0 N–H and O–H groups in total. The molecule has 0 aromatic rings. The van der Waals surface area contributed by atoms with Crippen molar-refractivity contribution in [2.75, 3.05) is 6.54 Å². The maximum atomic E-state index is 11.0. The molecule has 0 bridgehead atoms. The molecule has 1 aliphatic heterocycles. The van der Waals surface area contributed by atoms with Gasteiger partial charge in [0.2, 0.25) is 0 Å². The monoisotopic (exact) mass is 173 g/mol. The van der Waals surface area contributed by atoms with Crippen LogP contribution in [0.25, 0.3) is 0 Å². The predicted molar refractivity (Wildman–Crippen MR) is 39.0 cm³/mol. The van der Waals surface area contributed by atoms with Crippen molar-refractivity contribution in [1.29, 1.82) is 0 Å². The third kappa shape index (κ3) is 2.11. The van der Waals surface area contributed by atoms with Crippen LogP contribution in [-0.4, -0.2) is 29.3 Å². The van der Waals surface area contributed by atoms with Gasteiger partial charge >= 0.3 is 12.1 Å². The zero-order chi connectivity index (χ0) is 9.35. The van der Waals surface area contributed by atoms with Gasteiger partial charge in [-0.25, -0.2) is 9.59 Å². The van der Waals surface area contributed by atoms with Gasteiger partial charge in [0.15, 0.2) is 6.54 Å². The van der Waals surface area contributed by atoms with Crippen LogP contribution in [0.15, 0.2) is 0 Å². The summed E-state index contributed by atoms with van der Waals surface area (Å²) in [4.78, 5) is 25.7. The average molecular weight is 173 g/mol. The average Bonchev–Trinajstić information content (AvgIpc) is 1.76. The number of carbonyl (C=O) groups excluding carboxylic acids is 2. The fourth-order valence-corrected chi connectivity index (χ4v) is 0.647. The minimum absolute atomic E-state index is 0.0189. The summed E-state index contributed by atoms with van der Waals surface area (Å²) in [5, 5.41) is 0.883. The molecule has 12 heavy (non-hydrogen) atoms. The van der Waals surface area contributed by atoms with Gasteiger partial charge < -0.3 is 9.57 Å². The Kier molecular flexibility index (Phi) is 1.95. The molecular formula is C7H11NO4. The van der Waals surface area contributed by atoms with Crippen molar-refractivity contribution in [3.63, 3.8) is 0 Å². The van der Waals surface area contributed by atoms with Crippen molar-refractivity contribution in [2.45, 2.75) is 26.4 Å². The van der Waals surface area contributed by atoms with Crippen molar-refractivity contribution < 1.29 is 19.2 Å². The first kappa shape index (κ1) is 8.83. The van der Waals surface area contributed by atoms with Gasteiger partial charge in [0.05, 0.1) is 0 Å². The molecule has 0 spiro atoms. The SMILES string of the molecule is CC(C)(C)OC(=O)N1CC(=O)O1. The van der Waals surface area contributed by atoms with Crippen LogP contribution >= 0.6 is 0 Å². The van der Waals surface area contributed by atoms with Gasteiger partial charge in [-0.15, -0.1) is 5.06 Å². The van der Waals surface area contributed by atoms with E-state index in [2.05, 4.69) is 4.84 Å². The van der Waals surface area contributed by atoms with E-state index in [1.54, 1.807) is 20.8 Å². The van der Waals surface area contributed by atoms with E-state index in [0.29, 0.717) is 0 Å². The molecular weight excluding hydrogens is 162 g/mol. The lowest BCUT2D eigenvalue weighted by Crippen LogP contribution is -2.50. The maximum Gasteiger partial charge on any atom is 0.444 e. The van der Waals surface area contributed by atoms with Crippen LogP contribution in [0, 0.1) is 0 Å². The van der Waals surface area contributed by atoms with Crippen molar-refractivity contribution in [3.05, 3.63) is 0 Å². The Morgan fingerprint density at radius 1 is 1.58 bits per heavy atom. The molecule has 5 heteroatoms. The standard InChI is InChI=1S/C7H11NO4/c1-7(2,3)11-6(10)8-4-5(9)12-8/h4H2,1-3H3. The largest absolute Gasteiger partial charge is 0.444 e. The van der Waals surface area contributed by atoms with Gasteiger partial charge in [-0.05, 0) is 20.8 Å². The van der Waals surface area contributed by atoms with E-state index in [4.69, 9.17) is 4.74 Å². The molecule has 1 rings (SSSR count). The second kappa shape index (κ2) is 2.66. The number of nitrogens with zero attached hydrogens (tertiary/aromatic N) is 1. The first-order valence-electron chi connectivity index (χ1n) is 3.60. The number of hydrogen-bond acceptors (Lipinski definition) is 4. The van der Waals surface area contributed by atoms with E-state index in [-0.39, 0.29) is 6.54 Å². The Morgan fingerprint density at radius 2 is 2.08 bits per heavy atom. The van der Waals surface area contributed by atoms with Crippen LogP contribution in [0.2, 0.25) is 0 Å². The zero-order valence-corrected chi connectivity index (χ0v) is 7.29. The quantitative estimate of drug-likeness (QED) is 0.541. The fraction of sp³-hybridized carbons (Fsp3) is 0.714. The summed E-state index contributed by atoms with van der Waals surface area (Å²) in [6.07, 6.45) is -0.623. The highest BCUT2D eigenvalue weighted by molar-refractivity contribution is 5.83. The second-order valence-electron chi connectivity index (χ2n) is 3.48. The summed E-state index contributed by atoms with van der Waals surface area (Å²) in [6, 6.07) is 0. The molecule has 68 valence electrons. The van der Waals surface area contributed by atoms with Crippen LogP contribution in [0.1, 0.15) is 20.8 Å². The van der Waals surface area contributed by atoms with Crippen LogP contribution in [0.4, 0.5) is 4.79 Å². The summed E-state index contributed by atoms with van der Waals surface area (Å²) in [6.45, 7) is 5.21. The minimum atomic E-state index is -0.623. The normalized spacial score (nSPS) is 16.6. The highest BCUT2D eigenvalue weighted by Gasteiger charge is 2.34. The van der Waals surface area contributed by atoms with Crippen LogP contribution < -0.4 is 0 Å². The Morgan fingerprint density at radius 3 is 2.42 bits per heavy atom. The third-order valence-corrected chi connectivity index (χ3v) is 1.08. The minimum Gasteiger partial charge on any atom is -0.442 e. The van der Waals surface area contributed by atoms with Crippen molar-refractivity contribution in [2.24, 2.45) is 0 Å². The number of ether oxygens (including phenoxy) is 1. The first-order valence-corrected chi connectivity index (χ1v) is 3.60. The van der Waals surface area contributed by atoms with Gasteiger partial charge in [-0.2, -0.15) is 0 Å². The van der Waals surface area contributed by atoms with E-state index in [9.17, 15) is 9.59 Å². The number of hydroxylamine groups is 2. The van der Waals surface area contributed by atoms with Crippen molar-refractivity contribution >= 4 is 12.1 Å². The molecule has 0 aromatic carbocycles. The molecule has 0 aromatic heterocycles. The van der Waals surface area contributed by atoms with Crippen molar-refractivity contribution in [3.8, 4) is 0 Å². The molecule has 1 heterocycles. The number of carbonyl (C=O) groups is 2. The van der Waals surface area contributed by atoms with E-state index >= 15 is 0 Å². The highest BCUT2D eigenvalue weighted by Crippen LogP contribution is 2.13. The lowest BCUT2D eigenvalue weighted by molar-refractivity contribution is -0.223. The van der Waals surface area contributed by atoms with E-state index < -0.39 is 17.7 Å². The fourth-order valence-electron chi connectivity index (χ4n) is 0.647. The van der Waals surface area contributed by atoms with Crippen LogP contribution in [0.3, 0.4) is 0 Å². The number of hydrogen-bond donors (Lipinski definition) is 0. The van der Waals surface area contributed by atoms with Crippen LogP contribution in [0.5, 0.6) is 0 Å². The van der Waals surface area contributed by atoms with Gasteiger partial charge in [-0.1, -0.05) is 0 Å². The lowest BCUT2D eigenvalue weighted by Gasteiger charge is -2.30. The predicted octanol–water partition coefficient (Wildman–Crippen LogP) is 0.695. The Balaban J connectivity index is 2.35. The summed E-state index contributed by atoms with van der Waals surface area (Å²) in [7, 11) is 0. The molecule has 5 nitrogen and oxygen atoms in total. The highest BCUT2D eigenvalue weighted by atomic mass is 16.8. The molecule has 1 saturated heterocycles. The molecule has 1 aliphatic rings. The summed E-state index contributed by atoms with van der Waals surface area (Å²) in [5.74, 6) is -0.416. The first-order chi connectivity index (χ1) is 5.38. The molecule has 0 saturated carbocycles. The van der Waals surface area contributed by atoms with Gasteiger partial charge in [0, 0.05) is 0 Å². The summed E-state index contributed by atoms with van der Waals surface area (Å²) >= 11 is 0. The molecule has 0 aliphatic carbocycles. The Labute approximate surface area is 70.2 Å². The third-order valence-electron chi connectivity index (χ3n) is 1.08. The van der Waals surface area contributed by atoms with E-state index in [1.807, 2.05) is 0 Å². The second-order valence-corrected chi connectivity index (χ2v) is 3.48. The molecule has 0 radical (unpaired) electrons. The van der Waals surface area contributed by atoms with E-state index in [0.717, 1.165) is 5.06 Å². The van der Waals surface area contributed by atoms with Gasteiger partial charge in [0.25, 0.3) is 0 Å². The molecule has 0 atom stereocenters. The summed E-state index contributed by atoms with van der Waals surface area (Å²) in [5.41, 5.74) is -0.556. The van der Waals surface area contributed by atoms with E-state index in [1.165, 1.54) is 0 Å². The lowest BCUT2D eigenvalue weighted by atomic mass is 10.2. The molecule has 1 amide bonds. The number of rotatable bonds is 0. The van der Waals surface area contributed by atoms with Crippen molar-refractivity contribution in [1.82, 2.24) is 5.06 Å². The Bertz CT molecular complexity index is 210. The molecule has 1 fully saturated rings. The Hall–Kier alpha value is -1.26. The zero-order valence-electron chi connectivity index (χ0n) is 7.29. The van der Waals surface area contributed by atoms with Gasteiger partial charge in [-0.3, -0.25) is 0 Å². The van der Waals surface area contributed by atoms with Crippen LogP contribution in [-0.2, 0) is 14.4 Å².